The van der Waals surface area contributed by atoms with Crippen LogP contribution in [-0.4, -0.2) is 25.7 Å². The van der Waals surface area contributed by atoms with Crippen LogP contribution in [0.25, 0.3) is 11.0 Å². The van der Waals surface area contributed by atoms with Crippen LogP contribution in [0.3, 0.4) is 0 Å². The van der Waals surface area contributed by atoms with E-state index in [-0.39, 0.29) is 0 Å². The lowest BCUT2D eigenvalue weighted by Crippen LogP contribution is -2.07. The van der Waals surface area contributed by atoms with E-state index in [1.807, 2.05) is 0 Å². The van der Waals surface area contributed by atoms with Gasteiger partial charge in [-0.05, 0) is 24.3 Å². The highest BCUT2D eigenvalue weighted by Crippen LogP contribution is 2.24. The molecule has 0 bridgehead atoms. The number of carboxylic acid groups (broad SMARTS) is 1. The molecule has 1 aromatic carbocycles. The summed E-state index contributed by atoms with van der Waals surface area (Å²) in [7, 11) is 0. The summed E-state index contributed by atoms with van der Waals surface area (Å²) in [5, 5.41) is 21.6. The minimum atomic E-state index is -1.11. The van der Waals surface area contributed by atoms with Crippen LogP contribution in [0.15, 0.2) is 42.9 Å². The highest BCUT2D eigenvalue weighted by atomic mass is 16.4. The standard InChI is InChI=1S/C14H9N5O2/c15-7-9-2-1-3-10(6-9)18-12-11-4-5-19(14(20)21)13(11)17-8-16-12/h1-6,8H,(H,20,21)(H,16,17,18). The van der Waals surface area contributed by atoms with Gasteiger partial charge >= 0.3 is 6.09 Å². The summed E-state index contributed by atoms with van der Waals surface area (Å²) in [4.78, 5) is 19.2. The molecule has 0 amide bonds. The lowest BCUT2D eigenvalue weighted by atomic mass is 10.2. The maximum absolute atomic E-state index is 11.1. The van der Waals surface area contributed by atoms with Crippen molar-refractivity contribution in [2.75, 3.05) is 5.32 Å². The molecule has 0 fully saturated rings. The number of benzene rings is 1. The third-order valence-corrected chi connectivity index (χ3v) is 2.94. The van der Waals surface area contributed by atoms with Gasteiger partial charge in [0.2, 0.25) is 0 Å². The minimum absolute atomic E-state index is 0.302. The van der Waals surface area contributed by atoms with Crippen molar-refractivity contribution in [1.29, 1.82) is 5.26 Å². The van der Waals surface area contributed by atoms with Gasteiger partial charge in [-0.2, -0.15) is 5.26 Å². The van der Waals surface area contributed by atoms with E-state index in [0.717, 1.165) is 4.57 Å². The van der Waals surface area contributed by atoms with E-state index < -0.39 is 6.09 Å². The van der Waals surface area contributed by atoms with Crippen LogP contribution in [0.2, 0.25) is 0 Å². The van der Waals surface area contributed by atoms with Gasteiger partial charge in [0.25, 0.3) is 0 Å². The van der Waals surface area contributed by atoms with Crippen LogP contribution in [-0.2, 0) is 0 Å². The minimum Gasteiger partial charge on any atom is -0.464 e. The molecule has 2 heterocycles. The fourth-order valence-electron chi connectivity index (χ4n) is 2.01. The number of nitrogens with zero attached hydrogens (tertiary/aromatic N) is 4. The average Bonchev–Trinajstić information content (AvgIpc) is 2.93. The van der Waals surface area contributed by atoms with Crippen LogP contribution >= 0.6 is 0 Å². The lowest BCUT2D eigenvalue weighted by Gasteiger charge is -2.06. The van der Waals surface area contributed by atoms with Gasteiger partial charge in [-0.25, -0.2) is 19.3 Å². The normalized spacial score (nSPS) is 10.2. The number of hydrogen-bond acceptors (Lipinski definition) is 5. The highest BCUT2D eigenvalue weighted by molar-refractivity contribution is 5.93. The number of fused-ring (bicyclic) bond motifs is 1. The summed E-state index contributed by atoms with van der Waals surface area (Å²) >= 11 is 0. The Hall–Kier alpha value is -3.40. The predicted molar refractivity (Wildman–Crippen MR) is 75.4 cm³/mol. The Labute approximate surface area is 119 Å². The number of nitrogens with one attached hydrogen (secondary N) is 1. The summed E-state index contributed by atoms with van der Waals surface area (Å²) in [6, 6.07) is 10.6. The van der Waals surface area contributed by atoms with Gasteiger partial charge in [-0.15, -0.1) is 0 Å². The van der Waals surface area contributed by atoms with Gasteiger partial charge in [-0.1, -0.05) is 6.07 Å². The highest BCUT2D eigenvalue weighted by Gasteiger charge is 2.12. The van der Waals surface area contributed by atoms with E-state index in [0.29, 0.717) is 28.1 Å². The Balaban J connectivity index is 2.05. The van der Waals surface area contributed by atoms with Crippen LogP contribution in [0.5, 0.6) is 0 Å². The molecule has 21 heavy (non-hydrogen) atoms. The van der Waals surface area contributed by atoms with Crippen molar-refractivity contribution in [1.82, 2.24) is 14.5 Å². The molecule has 2 aromatic heterocycles. The lowest BCUT2D eigenvalue weighted by molar-refractivity contribution is 0.197. The Morgan fingerprint density at radius 2 is 2.19 bits per heavy atom. The van der Waals surface area contributed by atoms with Crippen molar-refractivity contribution in [2.24, 2.45) is 0 Å². The molecule has 0 aliphatic carbocycles. The maximum Gasteiger partial charge on any atom is 0.417 e. The second kappa shape index (κ2) is 4.94. The smallest absolute Gasteiger partial charge is 0.417 e. The van der Waals surface area contributed by atoms with Crippen LogP contribution in [0.1, 0.15) is 5.56 Å². The van der Waals surface area contributed by atoms with E-state index in [1.54, 1.807) is 30.3 Å². The van der Waals surface area contributed by atoms with Crippen molar-refractivity contribution in [3.8, 4) is 6.07 Å². The first kappa shape index (κ1) is 12.6. The van der Waals surface area contributed by atoms with Crippen molar-refractivity contribution < 1.29 is 9.90 Å². The van der Waals surface area contributed by atoms with Gasteiger partial charge in [0.05, 0.1) is 17.0 Å². The Kier molecular flexibility index (Phi) is 2.97. The van der Waals surface area contributed by atoms with Gasteiger partial charge in [-0.3, -0.25) is 0 Å². The molecule has 0 aliphatic heterocycles. The quantitative estimate of drug-likeness (QED) is 0.747. The first-order chi connectivity index (χ1) is 10.2. The van der Waals surface area contributed by atoms with Crippen molar-refractivity contribution in [3.05, 3.63) is 48.4 Å². The molecule has 3 aromatic rings. The summed E-state index contributed by atoms with van der Waals surface area (Å²) < 4.78 is 1.02. The fraction of sp³-hybridized carbons (Fsp3) is 0. The van der Waals surface area contributed by atoms with E-state index >= 15 is 0 Å². The predicted octanol–water partition coefficient (Wildman–Crippen LogP) is 2.57. The summed E-state index contributed by atoms with van der Waals surface area (Å²) in [6.45, 7) is 0. The first-order valence-corrected chi connectivity index (χ1v) is 6.01. The third-order valence-electron chi connectivity index (χ3n) is 2.94. The number of hydrogen-bond donors (Lipinski definition) is 2. The number of nitriles is 1. The van der Waals surface area contributed by atoms with Gasteiger partial charge < -0.3 is 10.4 Å². The fourth-order valence-corrected chi connectivity index (χ4v) is 2.01. The van der Waals surface area contributed by atoms with Gasteiger partial charge in [0, 0.05) is 11.9 Å². The van der Waals surface area contributed by atoms with Crippen molar-refractivity contribution in [3.63, 3.8) is 0 Å². The molecular weight excluding hydrogens is 270 g/mol. The second-order valence-electron chi connectivity index (χ2n) is 4.25. The Morgan fingerprint density at radius 3 is 2.95 bits per heavy atom. The van der Waals surface area contributed by atoms with Gasteiger partial charge in [0.1, 0.15) is 12.1 Å². The Bertz CT molecular complexity index is 878. The maximum atomic E-state index is 11.1. The molecule has 0 aliphatic rings. The van der Waals surface area contributed by atoms with E-state index in [4.69, 9.17) is 10.4 Å². The summed E-state index contributed by atoms with van der Waals surface area (Å²) in [5.74, 6) is 0.482. The van der Waals surface area contributed by atoms with Crippen molar-refractivity contribution >= 4 is 28.6 Å². The van der Waals surface area contributed by atoms with Crippen LogP contribution in [0.4, 0.5) is 16.3 Å². The molecule has 3 rings (SSSR count). The number of aromatic nitrogens is 3. The molecule has 0 spiro atoms. The molecular formula is C14H9N5O2. The van der Waals surface area contributed by atoms with E-state index in [1.165, 1.54) is 12.5 Å². The monoisotopic (exact) mass is 279 g/mol. The molecule has 0 saturated heterocycles. The van der Waals surface area contributed by atoms with Crippen LogP contribution < -0.4 is 5.32 Å². The topological polar surface area (TPSA) is 104 Å². The molecule has 0 saturated carbocycles. The number of anilines is 2. The molecule has 7 nitrogen and oxygen atoms in total. The molecule has 102 valence electrons. The molecule has 0 atom stereocenters. The molecule has 0 unspecified atom stereocenters. The van der Waals surface area contributed by atoms with Gasteiger partial charge in [0.15, 0.2) is 5.65 Å². The molecule has 7 heteroatoms. The zero-order valence-corrected chi connectivity index (χ0v) is 10.7. The molecule has 0 radical (unpaired) electrons. The largest absolute Gasteiger partial charge is 0.464 e. The summed E-state index contributed by atoms with van der Waals surface area (Å²) in [5.41, 5.74) is 1.52. The third kappa shape index (κ3) is 2.26. The zero-order chi connectivity index (χ0) is 14.8. The van der Waals surface area contributed by atoms with E-state index in [2.05, 4.69) is 21.4 Å². The van der Waals surface area contributed by atoms with E-state index in [9.17, 15) is 4.79 Å². The first-order valence-electron chi connectivity index (χ1n) is 6.01. The zero-order valence-electron chi connectivity index (χ0n) is 10.7. The van der Waals surface area contributed by atoms with Crippen molar-refractivity contribution in [2.45, 2.75) is 0 Å². The van der Waals surface area contributed by atoms with Crippen LogP contribution in [0, 0.1) is 11.3 Å². The second-order valence-corrected chi connectivity index (χ2v) is 4.25. The number of carbonyl (C=O) groups is 1. The molecule has 2 N–H and O–H groups in total. The number of rotatable bonds is 2. The SMILES string of the molecule is N#Cc1cccc(Nc2ncnc3c2ccn3C(=O)O)c1. The summed E-state index contributed by atoms with van der Waals surface area (Å²) in [6.07, 6.45) is 1.60. The average molecular weight is 279 g/mol. The Morgan fingerprint density at radius 1 is 1.33 bits per heavy atom.